The van der Waals surface area contributed by atoms with Crippen molar-refractivity contribution in [3.8, 4) is 23.0 Å². The summed E-state index contributed by atoms with van der Waals surface area (Å²) in [6.45, 7) is 3.84. The van der Waals surface area contributed by atoms with E-state index in [0.717, 1.165) is 18.0 Å². The Morgan fingerprint density at radius 1 is 1.12 bits per heavy atom. The summed E-state index contributed by atoms with van der Waals surface area (Å²) in [7, 11) is 3.30. The Morgan fingerprint density at radius 2 is 1.97 bits per heavy atom. The zero-order chi connectivity index (χ0) is 22.3. The molecule has 0 amide bonds. The number of hydrogen-bond acceptors (Lipinski definition) is 7. The van der Waals surface area contributed by atoms with Crippen molar-refractivity contribution in [2.45, 2.75) is 51.7 Å². The minimum Gasteiger partial charge on any atom is -0.497 e. The fraction of sp³-hybridized carbons (Fsp3) is 0.565. The summed E-state index contributed by atoms with van der Waals surface area (Å²) in [5.74, 6) is 2.63. The van der Waals surface area contributed by atoms with Crippen molar-refractivity contribution < 1.29 is 14.2 Å². The Labute approximate surface area is 188 Å². The van der Waals surface area contributed by atoms with E-state index >= 15 is 0 Å². The van der Waals surface area contributed by atoms with Gasteiger partial charge in [-0.1, -0.05) is 30.5 Å². The highest BCUT2D eigenvalue weighted by Gasteiger charge is 2.22. The van der Waals surface area contributed by atoms with Crippen LogP contribution in [0.4, 0.5) is 0 Å². The molecule has 1 atom stereocenters. The molecule has 2 aromatic heterocycles. The third-order valence-electron chi connectivity index (χ3n) is 5.89. The first-order chi connectivity index (χ1) is 15.7. The number of benzene rings is 1. The Balaban J connectivity index is 1.61. The number of aromatic nitrogens is 6. The van der Waals surface area contributed by atoms with Gasteiger partial charge in [-0.05, 0) is 37.8 Å². The minimum absolute atomic E-state index is 0.283. The van der Waals surface area contributed by atoms with E-state index in [1.807, 2.05) is 42.1 Å². The van der Waals surface area contributed by atoms with E-state index in [2.05, 4.69) is 10.3 Å². The maximum atomic E-state index is 5.92. The molecule has 1 unspecified atom stereocenters. The van der Waals surface area contributed by atoms with E-state index < -0.39 is 0 Å². The second-order valence-electron chi connectivity index (χ2n) is 8.24. The second-order valence-corrected chi connectivity index (χ2v) is 8.24. The van der Waals surface area contributed by atoms with Gasteiger partial charge in [0.1, 0.15) is 11.9 Å². The molecule has 9 nitrogen and oxygen atoms in total. The maximum Gasteiger partial charge on any atom is 0.204 e. The number of ether oxygens (including phenoxy) is 3. The van der Waals surface area contributed by atoms with E-state index in [4.69, 9.17) is 24.3 Å². The second kappa shape index (κ2) is 10.7. The predicted molar refractivity (Wildman–Crippen MR) is 120 cm³/mol. The van der Waals surface area contributed by atoms with E-state index in [9.17, 15) is 0 Å². The van der Waals surface area contributed by atoms with Crippen LogP contribution >= 0.6 is 0 Å². The largest absolute Gasteiger partial charge is 0.497 e. The topological polar surface area (TPSA) is 89.1 Å². The van der Waals surface area contributed by atoms with Gasteiger partial charge in [-0.3, -0.25) is 4.68 Å². The third-order valence-corrected chi connectivity index (χ3v) is 5.89. The summed E-state index contributed by atoms with van der Waals surface area (Å²) in [5, 5.41) is 13.5. The van der Waals surface area contributed by atoms with Crippen LogP contribution in [0.3, 0.4) is 0 Å². The highest BCUT2D eigenvalue weighted by molar-refractivity contribution is 5.48. The lowest BCUT2D eigenvalue weighted by Gasteiger charge is -2.20. The van der Waals surface area contributed by atoms with Gasteiger partial charge in [-0.25, -0.2) is 9.67 Å². The Bertz CT molecular complexity index is 995. The van der Waals surface area contributed by atoms with Crippen molar-refractivity contribution in [3.05, 3.63) is 36.3 Å². The summed E-state index contributed by atoms with van der Waals surface area (Å²) >= 11 is 0. The van der Waals surface area contributed by atoms with Crippen LogP contribution in [0.1, 0.15) is 51.0 Å². The Morgan fingerprint density at radius 3 is 2.75 bits per heavy atom. The standard InChI is InChI=1S/C23H32N6O3/c1-17(32-13-12-30-2)23-24-22(26-29(23)19-10-7-11-20(14-19)31-3)21-16-28(27-25-21)15-18-8-5-4-6-9-18/h7,10-11,14,16-18H,4-6,8-9,12-13,15H2,1-3H3. The third kappa shape index (κ3) is 5.34. The molecule has 4 rings (SSSR count). The molecule has 0 radical (unpaired) electrons. The molecule has 1 aromatic carbocycles. The summed E-state index contributed by atoms with van der Waals surface area (Å²) in [6.07, 6.45) is 8.15. The molecule has 0 N–H and O–H groups in total. The van der Waals surface area contributed by atoms with Gasteiger partial charge in [-0.2, -0.15) is 0 Å². The van der Waals surface area contributed by atoms with Gasteiger partial charge in [0.25, 0.3) is 0 Å². The smallest absolute Gasteiger partial charge is 0.204 e. The lowest BCUT2D eigenvalue weighted by atomic mass is 9.89. The molecule has 172 valence electrons. The lowest BCUT2D eigenvalue weighted by molar-refractivity contribution is 0.0205. The van der Waals surface area contributed by atoms with Gasteiger partial charge in [0.15, 0.2) is 11.5 Å². The Hall–Kier alpha value is -2.78. The minimum atomic E-state index is -0.283. The van der Waals surface area contributed by atoms with Gasteiger partial charge >= 0.3 is 0 Å². The summed E-state index contributed by atoms with van der Waals surface area (Å²) in [6, 6.07) is 7.71. The first-order valence-electron chi connectivity index (χ1n) is 11.3. The molecule has 2 heterocycles. The first kappa shape index (κ1) is 22.4. The lowest BCUT2D eigenvalue weighted by Crippen LogP contribution is -2.14. The molecule has 3 aromatic rings. The first-order valence-corrected chi connectivity index (χ1v) is 11.3. The van der Waals surface area contributed by atoms with E-state index in [1.54, 1.807) is 18.9 Å². The van der Waals surface area contributed by atoms with Crippen LogP contribution in [-0.4, -0.2) is 57.2 Å². The Kier molecular flexibility index (Phi) is 7.49. The van der Waals surface area contributed by atoms with Crippen LogP contribution in [0, 0.1) is 5.92 Å². The molecule has 1 saturated carbocycles. The fourth-order valence-corrected chi connectivity index (χ4v) is 4.14. The quantitative estimate of drug-likeness (QED) is 0.443. The number of hydrogen-bond donors (Lipinski definition) is 0. The number of rotatable bonds is 10. The summed E-state index contributed by atoms with van der Waals surface area (Å²) in [4.78, 5) is 4.78. The maximum absolute atomic E-state index is 5.92. The van der Waals surface area contributed by atoms with Crippen molar-refractivity contribution in [2.24, 2.45) is 5.92 Å². The monoisotopic (exact) mass is 440 g/mol. The highest BCUT2D eigenvalue weighted by Crippen LogP contribution is 2.27. The van der Waals surface area contributed by atoms with Crippen LogP contribution in [0.5, 0.6) is 5.75 Å². The zero-order valence-corrected chi connectivity index (χ0v) is 19.1. The number of methoxy groups -OCH3 is 2. The van der Waals surface area contributed by atoms with Crippen LogP contribution in [0.15, 0.2) is 30.5 Å². The highest BCUT2D eigenvalue weighted by atomic mass is 16.5. The predicted octanol–water partition coefficient (Wildman–Crippen LogP) is 3.84. The van der Waals surface area contributed by atoms with Crippen molar-refractivity contribution >= 4 is 0 Å². The molecule has 1 fully saturated rings. The van der Waals surface area contributed by atoms with Crippen molar-refractivity contribution in [2.75, 3.05) is 27.4 Å². The van der Waals surface area contributed by atoms with Crippen LogP contribution in [0.25, 0.3) is 17.2 Å². The van der Waals surface area contributed by atoms with Gasteiger partial charge < -0.3 is 14.2 Å². The van der Waals surface area contributed by atoms with Crippen LogP contribution < -0.4 is 4.74 Å². The van der Waals surface area contributed by atoms with Gasteiger partial charge in [-0.15, -0.1) is 10.2 Å². The fourth-order valence-electron chi connectivity index (χ4n) is 4.14. The molecule has 0 spiro atoms. The molecule has 0 saturated heterocycles. The molecular weight excluding hydrogens is 408 g/mol. The number of nitrogens with zero attached hydrogens (tertiary/aromatic N) is 6. The van der Waals surface area contributed by atoms with Gasteiger partial charge in [0.05, 0.1) is 32.2 Å². The molecule has 9 heteroatoms. The van der Waals surface area contributed by atoms with Gasteiger partial charge in [0.2, 0.25) is 5.82 Å². The average molecular weight is 441 g/mol. The van der Waals surface area contributed by atoms with E-state index in [0.29, 0.717) is 36.5 Å². The van der Waals surface area contributed by atoms with Crippen molar-refractivity contribution in [3.63, 3.8) is 0 Å². The van der Waals surface area contributed by atoms with Gasteiger partial charge in [0, 0.05) is 19.7 Å². The molecule has 0 bridgehead atoms. The molecular formula is C23H32N6O3. The summed E-state index contributed by atoms with van der Waals surface area (Å²) in [5.41, 5.74) is 1.50. The SMILES string of the molecule is COCCOC(C)c1nc(-c2cn(CC3CCCCC3)nn2)nn1-c1cccc(OC)c1. The molecule has 1 aliphatic carbocycles. The van der Waals surface area contributed by atoms with E-state index in [1.165, 1.54) is 32.1 Å². The average Bonchev–Trinajstić information content (AvgIpc) is 3.47. The molecule has 1 aliphatic rings. The van der Waals surface area contributed by atoms with Crippen molar-refractivity contribution in [1.82, 2.24) is 29.8 Å². The molecule has 0 aliphatic heterocycles. The zero-order valence-electron chi connectivity index (χ0n) is 19.1. The normalized spacial score (nSPS) is 15.7. The summed E-state index contributed by atoms with van der Waals surface area (Å²) < 4.78 is 20.1. The van der Waals surface area contributed by atoms with Crippen LogP contribution in [0.2, 0.25) is 0 Å². The van der Waals surface area contributed by atoms with E-state index in [-0.39, 0.29) is 6.10 Å². The molecule has 32 heavy (non-hydrogen) atoms. The van der Waals surface area contributed by atoms with Crippen LogP contribution in [-0.2, 0) is 16.0 Å². The van der Waals surface area contributed by atoms with Crippen molar-refractivity contribution in [1.29, 1.82) is 0 Å².